The number of carbonyl (C=O) groups excluding carboxylic acids is 1. The van der Waals surface area contributed by atoms with Gasteiger partial charge in [-0.2, -0.15) is 0 Å². The molecule has 4 nitrogen and oxygen atoms in total. The van der Waals surface area contributed by atoms with Crippen LogP contribution in [0, 0.1) is 32.6 Å². The van der Waals surface area contributed by atoms with Gasteiger partial charge < -0.3 is 10.4 Å². The zero-order valence-electron chi connectivity index (χ0n) is 12.2. The zero-order valence-corrected chi connectivity index (χ0v) is 12.2. The maximum Gasteiger partial charge on any atom is 0.306 e. The predicted molar refractivity (Wildman–Crippen MR) is 76.8 cm³/mol. The standard InChI is InChI=1S/C16H21NO3/c1-9-4-11(3)14(5-10(9)2)15(18)17-8-12-6-13(7-12)16(19)20/h4-5,12-13H,6-8H2,1-3H3,(H,17,18)(H,19,20). The van der Waals surface area contributed by atoms with Crippen LogP contribution < -0.4 is 5.32 Å². The molecule has 1 aromatic rings. The lowest BCUT2D eigenvalue weighted by Gasteiger charge is -2.32. The lowest BCUT2D eigenvalue weighted by molar-refractivity contribution is -0.146. The molecule has 0 aromatic heterocycles. The van der Waals surface area contributed by atoms with Crippen molar-refractivity contribution in [3.63, 3.8) is 0 Å². The van der Waals surface area contributed by atoms with Gasteiger partial charge in [-0.15, -0.1) is 0 Å². The van der Waals surface area contributed by atoms with Gasteiger partial charge in [-0.05, 0) is 62.3 Å². The molecular formula is C16H21NO3. The summed E-state index contributed by atoms with van der Waals surface area (Å²) < 4.78 is 0. The average molecular weight is 275 g/mol. The Hall–Kier alpha value is -1.84. The van der Waals surface area contributed by atoms with Gasteiger partial charge in [0.25, 0.3) is 5.91 Å². The van der Waals surface area contributed by atoms with E-state index in [4.69, 9.17) is 5.11 Å². The van der Waals surface area contributed by atoms with Crippen molar-refractivity contribution in [2.45, 2.75) is 33.6 Å². The zero-order chi connectivity index (χ0) is 14.9. The normalized spacial score (nSPS) is 21.1. The molecule has 0 bridgehead atoms. The molecule has 0 unspecified atom stereocenters. The summed E-state index contributed by atoms with van der Waals surface area (Å²) in [5.41, 5.74) is 3.97. The highest BCUT2D eigenvalue weighted by atomic mass is 16.4. The van der Waals surface area contributed by atoms with Crippen LogP contribution in [0.15, 0.2) is 12.1 Å². The fraction of sp³-hybridized carbons (Fsp3) is 0.500. The van der Waals surface area contributed by atoms with E-state index in [1.807, 2.05) is 32.9 Å². The smallest absolute Gasteiger partial charge is 0.306 e. The highest BCUT2D eigenvalue weighted by Crippen LogP contribution is 2.33. The van der Waals surface area contributed by atoms with Gasteiger partial charge in [0.05, 0.1) is 5.92 Å². The average Bonchev–Trinajstić information content (AvgIpc) is 2.31. The summed E-state index contributed by atoms with van der Waals surface area (Å²) in [5, 5.41) is 11.7. The van der Waals surface area contributed by atoms with E-state index >= 15 is 0 Å². The molecule has 1 aromatic carbocycles. The van der Waals surface area contributed by atoms with Gasteiger partial charge in [0.1, 0.15) is 0 Å². The molecule has 4 heteroatoms. The molecular weight excluding hydrogens is 254 g/mol. The molecule has 0 atom stereocenters. The van der Waals surface area contributed by atoms with Crippen molar-refractivity contribution >= 4 is 11.9 Å². The Morgan fingerprint density at radius 2 is 1.75 bits per heavy atom. The third-order valence-corrected chi connectivity index (χ3v) is 4.22. The SMILES string of the molecule is Cc1cc(C)c(C(=O)NCC2CC(C(=O)O)C2)cc1C. The van der Waals surface area contributed by atoms with E-state index in [1.165, 1.54) is 5.56 Å². The molecule has 1 aliphatic carbocycles. The summed E-state index contributed by atoms with van der Waals surface area (Å²) in [7, 11) is 0. The van der Waals surface area contributed by atoms with Crippen molar-refractivity contribution in [2.75, 3.05) is 6.54 Å². The van der Waals surface area contributed by atoms with Gasteiger partial charge in [-0.3, -0.25) is 9.59 Å². The number of nitrogens with one attached hydrogen (secondary N) is 1. The fourth-order valence-corrected chi connectivity index (χ4v) is 2.64. The van der Waals surface area contributed by atoms with E-state index in [0.29, 0.717) is 30.9 Å². The molecule has 2 N–H and O–H groups in total. The molecule has 20 heavy (non-hydrogen) atoms. The Labute approximate surface area is 119 Å². The second-order valence-corrected chi connectivity index (χ2v) is 5.83. The minimum Gasteiger partial charge on any atom is -0.481 e. The molecule has 1 saturated carbocycles. The topological polar surface area (TPSA) is 66.4 Å². The highest BCUT2D eigenvalue weighted by Gasteiger charge is 2.34. The van der Waals surface area contributed by atoms with Gasteiger partial charge in [-0.1, -0.05) is 6.07 Å². The maximum absolute atomic E-state index is 12.2. The second-order valence-electron chi connectivity index (χ2n) is 5.83. The summed E-state index contributed by atoms with van der Waals surface area (Å²) in [6, 6.07) is 3.94. The molecule has 108 valence electrons. The summed E-state index contributed by atoms with van der Waals surface area (Å²) >= 11 is 0. The van der Waals surface area contributed by atoms with Crippen LogP contribution in [0.2, 0.25) is 0 Å². The minimum absolute atomic E-state index is 0.0654. The van der Waals surface area contributed by atoms with Crippen LogP contribution in [0.3, 0.4) is 0 Å². The quantitative estimate of drug-likeness (QED) is 0.887. The predicted octanol–water partition coefficient (Wildman–Crippen LogP) is 2.45. The Morgan fingerprint density at radius 1 is 1.15 bits per heavy atom. The van der Waals surface area contributed by atoms with E-state index in [-0.39, 0.29) is 11.8 Å². The van der Waals surface area contributed by atoms with Crippen LogP contribution in [0.1, 0.15) is 39.9 Å². The van der Waals surface area contributed by atoms with Crippen LogP contribution in [-0.4, -0.2) is 23.5 Å². The number of carbonyl (C=O) groups is 2. The monoisotopic (exact) mass is 275 g/mol. The Bertz CT molecular complexity index is 545. The molecule has 1 aliphatic rings. The van der Waals surface area contributed by atoms with E-state index in [0.717, 1.165) is 11.1 Å². The summed E-state index contributed by atoms with van der Waals surface area (Å²) in [4.78, 5) is 22.9. The first-order valence-electron chi connectivity index (χ1n) is 6.97. The van der Waals surface area contributed by atoms with Crippen molar-refractivity contribution in [1.82, 2.24) is 5.32 Å². The fourth-order valence-electron chi connectivity index (χ4n) is 2.64. The van der Waals surface area contributed by atoms with E-state index < -0.39 is 5.97 Å². The van der Waals surface area contributed by atoms with Crippen LogP contribution in [0.5, 0.6) is 0 Å². The third kappa shape index (κ3) is 3.00. The summed E-state index contributed by atoms with van der Waals surface area (Å²) in [6.07, 6.45) is 1.34. The van der Waals surface area contributed by atoms with Gasteiger partial charge in [0, 0.05) is 12.1 Å². The van der Waals surface area contributed by atoms with Crippen LogP contribution in [-0.2, 0) is 4.79 Å². The molecule has 0 spiro atoms. The Morgan fingerprint density at radius 3 is 2.35 bits per heavy atom. The lowest BCUT2D eigenvalue weighted by atomic mass is 9.75. The number of hydrogen-bond donors (Lipinski definition) is 2. The number of rotatable bonds is 4. The van der Waals surface area contributed by atoms with Crippen molar-refractivity contribution in [3.8, 4) is 0 Å². The van der Waals surface area contributed by atoms with Gasteiger partial charge in [0.2, 0.25) is 0 Å². The van der Waals surface area contributed by atoms with Gasteiger partial charge in [0.15, 0.2) is 0 Å². The molecule has 0 heterocycles. The minimum atomic E-state index is -0.724. The first kappa shape index (κ1) is 14.6. The Kier molecular flexibility index (Phi) is 4.12. The third-order valence-electron chi connectivity index (χ3n) is 4.22. The number of carboxylic acid groups (broad SMARTS) is 1. The molecule has 1 fully saturated rings. The maximum atomic E-state index is 12.2. The van der Waals surface area contributed by atoms with E-state index in [1.54, 1.807) is 0 Å². The largest absolute Gasteiger partial charge is 0.481 e. The molecule has 0 radical (unpaired) electrons. The first-order valence-corrected chi connectivity index (χ1v) is 6.97. The molecule has 0 saturated heterocycles. The van der Waals surface area contributed by atoms with E-state index in [9.17, 15) is 9.59 Å². The van der Waals surface area contributed by atoms with Crippen LogP contribution in [0.4, 0.5) is 0 Å². The number of benzene rings is 1. The van der Waals surface area contributed by atoms with Crippen LogP contribution in [0.25, 0.3) is 0 Å². The summed E-state index contributed by atoms with van der Waals surface area (Å²) in [6.45, 7) is 6.53. The van der Waals surface area contributed by atoms with Crippen molar-refractivity contribution in [1.29, 1.82) is 0 Å². The van der Waals surface area contributed by atoms with Crippen molar-refractivity contribution in [2.24, 2.45) is 11.8 Å². The van der Waals surface area contributed by atoms with Gasteiger partial charge >= 0.3 is 5.97 Å². The number of aliphatic carboxylic acids is 1. The molecule has 1 amide bonds. The van der Waals surface area contributed by atoms with Crippen LogP contribution >= 0.6 is 0 Å². The highest BCUT2D eigenvalue weighted by molar-refractivity contribution is 5.96. The van der Waals surface area contributed by atoms with Gasteiger partial charge in [-0.25, -0.2) is 0 Å². The number of carboxylic acids is 1. The van der Waals surface area contributed by atoms with E-state index in [2.05, 4.69) is 5.32 Å². The Balaban J connectivity index is 1.90. The first-order chi connectivity index (χ1) is 9.38. The van der Waals surface area contributed by atoms with Crippen molar-refractivity contribution in [3.05, 3.63) is 34.4 Å². The molecule has 2 rings (SSSR count). The van der Waals surface area contributed by atoms with Crippen molar-refractivity contribution < 1.29 is 14.7 Å². The lowest BCUT2D eigenvalue weighted by Crippen LogP contribution is -2.39. The summed E-state index contributed by atoms with van der Waals surface area (Å²) in [5.74, 6) is -0.714. The number of amides is 1. The second kappa shape index (κ2) is 5.65. The molecule has 0 aliphatic heterocycles. The number of hydrogen-bond acceptors (Lipinski definition) is 2. The number of aryl methyl sites for hydroxylation is 3.